The molecule has 0 saturated heterocycles. The van der Waals surface area contributed by atoms with E-state index in [-0.39, 0.29) is 18.1 Å². The molecule has 0 aliphatic rings. The molecule has 3 N–H and O–H groups in total. The van der Waals surface area contributed by atoms with Crippen molar-refractivity contribution >= 4 is 22.5 Å². The number of nitrogens with one attached hydrogen (secondary N) is 2. The van der Waals surface area contributed by atoms with E-state index >= 15 is 0 Å². The van der Waals surface area contributed by atoms with Crippen LogP contribution in [0.15, 0.2) is 42.5 Å². The number of phenols is 1. The summed E-state index contributed by atoms with van der Waals surface area (Å²) in [6.45, 7) is 4.01. The van der Waals surface area contributed by atoms with Crippen LogP contribution in [0.1, 0.15) is 16.8 Å². The van der Waals surface area contributed by atoms with Gasteiger partial charge in [0.1, 0.15) is 5.75 Å². The van der Waals surface area contributed by atoms with E-state index in [0.29, 0.717) is 5.69 Å². The topological polar surface area (TPSA) is 65.1 Å². The lowest BCUT2D eigenvalue weighted by molar-refractivity contribution is -0.115. The lowest BCUT2D eigenvalue weighted by atomic mass is 10.1. The predicted octanol–water partition coefficient (Wildman–Crippen LogP) is 3.67. The number of phenolic OH excluding ortho intramolecular Hbond substituents is 1. The highest BCUT2D eigenvalue weighted by atomic mass is 16.3. The molecule has 0 bridgehead atoms. The lowest BCUT2D eigenvalue weighted by Gasteiger charge is -2.07. The first-order chi connectivity index (χ1) is 10.5. The van der Waals surface area contributed by atoms with Crippen molar-refractivity contribution in [2.24, 2.45) is 0 Å². The number of rotatable bonds is 3. The van der Waals surface area contributed by atoms with Crippen molar-refractivity contribution in [3.8, 4) is 5.75 Å². The second-order valence-corrected chi connectivity index (χ2v) is 5.52. The molecule has 112 valence electrons. The summed E-state index contributed by atoms with van der Waals surface area (Å²) in [5, 5.41) is 13.6. The third-order valence-electron chi connectivity index (χ3n) is 3.79. The van der Waals surface area contributed by atoms with Crippen molar-refractivity contribution < 1.29 is 9.90 Å². The number of para-hydroxylation sites is 2. The second-order valence-electron chi connectivity index (χ2n) is 5.52. The summed E-state index contributed by atoms with van der Waals surface area (Å²) in [6, 6.07) is 12.9. The molecule has 1 aromatic heterocycles. The lowest BCUT2D eigenvalue weighted by Crippen LogP contribution is -2.14. The summed E-state index contributed by atoms with van der Waals surface area (Å²) < 4.78 is 0. The third kappa shape index (κ3) is 2.68. The summed E-state index contributed by atoms with van der Waals surface area (Å²) in [7, 11) is 0. The minimum Gasteiger partial charge on any atom is -0.506 e. The summed E-state index contributed by atoms with van der Waals surface area (Å²) in [6.07, 6.45) is 0.267. The van der Waals surface area contributed by atoms with Gasteiger partial charge in [-0.25, -0.2) is 0 Å². The molecule has 0 spiro atoms. The van der Waals surface area contributed by atoms with Crippen LogP contribution >= 0.6 is 0 Å². The molecule has 2 aromatic carbocycles. The highest BCUT2D eigenvalue weighted by Gasteiger charge is 2.13. The van der Waals surface area contributed by atoms with Gasteiger partial charge in [-0.15, -0.1) is 0 Å². The number of aromatic hydroxyl groups is 1. The summed E-state index contributed by atoms with van der Waals surface area (Å²) in [5.74, 6) is -0.0747. The van der Waals surface area contributed by atoms with Crippen LogP contribution in [0.25, 0.3) is 10.9 Å². The molecule has 0 aliphatic heterocycles. The van der Waals surface area contributed by atoms with E-state index in [1.54, 1.807) is 24.3 Å². The third-order valence-corrected chi connectivity index (χ3v) is 3.79. The molecule has 0 radical (unpaired) electrons. The highest BCUT2D eigenvalue weighted by molar-refractivity contribution is 5.97. The van der Waals surface area contributed by atoms with Crippen LogP contribution in [0.2, 0.25) is 0 Å². The van der Waals surface area contributed by atoms with E-state index in [4.69, 9.17) is 0 Å². The molecule has 22 heavy (non-hydrogen) atoms. The average Bonchev–Trinajstić information content (AvgIpc) is 2.77. The zero-order valence-corrected chi connectivity index (χ0v) is 12.6. The van der Waals surface area contributed by atoms with Crippen LogP contribution in [0, 0.1) is 13.8 Å². The van der Waals surface area contributed by atoms with Crippen molar-refractivity contribution in [1.82, 2.24) is 4.98 Å². The maximum Gasteiger partial charge on any atom is 0.228 e. The van der Waals surface area contributed by atoms with Gasteiger partial charge < -0.3 is 15.4 Å². The van der Waals surface area contributed by atoms with Gasteiger partial charge in [-0.3, -0.25) is 4.79 Å². The summed E-state index contributed by atoms with van der Waals surface area (Å²) in [4.78, 5) is 15.6. The molecular formula is C18H18N2O2. The number of carbonyl (C=O) groups excluding carboxylic acids is 1. The summed E-state index contributed by atoms with van der Waals surface area (Å²) in [5.41, 5.74) is 4.61. The van der Waals surface area contributed by atoms with Crippen molar-refractivity contribution in [2.45, 2.75) is 20.3 Å². The van der Waals surface area contributed by atoms with Crippen LogP contribution in [-0.2, 0) is 11.2 Å². The second kappa shape index (κ2) is 5.56. The van der Waals surface area contributed by atoms with Crippen LogP contribution in [0.5, 0.6) is 5.75 Å². The molecule has 0 saturated carbocycles. The minimum absolute atomic E-state index is 0.0716. The van der Waals surface area contributed by atoms with Gasteiger partial charge in [0.25, 0.3) is 0 Å². The first-order valence-electron chi connectivity index (χ1n) is 7.20. The number of fused-ring (bicyclic) bond motifs is 1. The van der Waals surface area contributed by atoms with E-state index in [1.807, 2.05) is 26.0 Å². The standard InChI is InChI=1S/C18H18N2O2/c1-11-7-8-15-14(9-11)13(12(2)19-15)10-18(22)20-16-5-3-4-6-17(16)21/h3-9,19,21H,10H2,1-2H3,(H,20,22). The van der Waals surface area contributed by atoms with Crippen molar-refractivity contribution in [2.75, 3.05) is 5.32 Å². The molecule has 0 aliphatic carbocycles. The average molecular weight is 294 g/mol. The zero-order chi connectivity index (χ0) is 15.7. The Kier molecular flexibility index (Phi) is 3.59. The van der Waals surface area contributed by atoms with E-state index < -0.39 is 0 Å². The number of carbonyl (C=O) groups is 1. The van der Waals surface area contributed by atoms with Crippen LogP contribution in [0.3, 0.4) is 0 Å². The molecule has 1 heterocycles. The van der Waals surface area contributed by atoms with Gasteiger partial charge in [-0.2, -0.15) is 0 Å². The monoisotopic (exact) mass is 294 g/mol. The number of aromatic nitrogens is 1. The van der Waals surface area contributed by atoms with Crippen LogP contribution < -0.4 is 5.32 Å². The Bertz CT molecular complexity index is 849. The number of benzene rings is 2. The van der Waals surface area contributed by atoms with E-state index in [1.165, 1.54) is 0 Å². The fourth-order valence-corrected chi connectivity index (χ4v) is 2.66. The molecule has 3 rings (SSSR count). The molecule has 3 aromatic rings. The van der Waals surface area contributed by atoms with Gasteiger partial charge in [-0.05, 0) is 43.7 Å². The maximum atomic E-state index is 12.3. The largest absolute Gasteiger partial charge is 0.506 e. The van der Waals surface area contributed by atoms with Crippen molar-refractivity contribution in [3.05, 3.63) is 59.3 Å². The normalized spacial score (nSPS) is 10.8. The number of anilines is 1. The molecular weight excluding hydrogens is 276 g/mol. The Hall–Kier alpha value is -2.75. The fraction of sp³-hybridized carbons (Fsp3) is 0.167. The predicted molar refractivity (Wildman–Crippen MR) is 88.2 cm³/mol. The molecule has 4 heteroatoms. The van der Waals surface area contributed by atoms with Crippen molar-refractivity contribution in [1.29, 1.82) is 0 Å². The Morgan fingerprint density at radius 3 is 2.73 bits per heavy atom. The number of aryl methyl sites for hydroxylation is 2. The van der Waals surface area contributed by atoms with E-state index in [9.17, 15) is 9.90 Å². The number of amides is 1. The fourth-order valence-electron chi connectivity index (χ4n) is 2.66. The SMILES string of the molecule is Cc1ccc2[nH]c(C)c(CC(=O)Nc3ccccc3O)c2c1. The zero-order valence-electron chi connectivity index (χ0n) is 12.6. The summed E-state index contributed by atoms with van der Waals surface area (Å²) >= 11 is 0. The van der Waals surface area contributed by atoms with Gasteiger partial charge in [0.15, 0.2) is 0 Å². The van der Waals surface area contributed by atoms with E-state index in [0.717, 1.165) is 27.7 Å². The van der Waals surface area contributed by atoms with Crippen LogP contribution in [-0.4, -0.2) is 16.0 Å². The van der Waals surface area contributed by atoms with Gasteiger partial charge in [0, 0.05) is 16.6 Å². The maximum absolute atomic E-state index is 12.3. The number of hydrogen-bond donors (Lipinski definition) is 3. The smallest absolute Gasteiger partial charge is 0.228 e. The van der Waals surface area contributed by atoms with Crippen molar-refractivity contribution in [3.63, 3.8) is 0 Å². The number of hydrogen-bond acceptors (Lipinski definition) is 2. The highest BCUT2D eigenvalue weighted by Crippen LogP contribution is 2.25. The molecule has 0 unspecified atom stereocenters. The van der Waals surface area contributed by atoms with Gasteiger partial charge in [-0.1, -0.05) is 23.8 Å². The van der Waals surface area contributed by atoms with E-state index in [2.05, 4.69) is 16.4 Å². The first-order valence-corrected chi connectivity index (χ1v) is 7.20. The molecule has 0 fully saturated rings. The van der Waals surface area contributed by atoms with Gasteiger partial charge in [0.2, 0.25) is 5.91 Å². The molecule has 1 amide bonds. The molecule has 4 nitrogen and oxygen atoms in total. The number of aromatic amines is 1. The Morgan fingerprint density at radius 2 is 1.95 bits per heavy atom. The number of H-pyrrole nitrogens is 1. The van der Waals surface area contributed by atoms with Gasteiger partial charge in [0.05, 0.1) is 12.1 Å². The quantitative estimate of drug-likeness (QED) is 0.645. The molecule has 0 atom stereocenters. The first kappa shape index (κ1) is 14.2. The van der Waals surface area contributed by atoms with Gasteiger partial charge >= 0.3 is 0 Å². The Labute approximate surface area is 128 Å². The minimum atomic E-state index is -0.146. The van der Waals surface area contributed by atoms with Crippen LogP contribution in [0.4, 0.5) is 5.69 Å². The Morgan fingerprint density at radius 1 is 1.18 bits per heavy atom. The Balaban J connectivity index is 1.87.